The minimum absolute atomic E-state index is 0.838. The summed E-state index contributed by atoms with van der Waals surface area (Å²) in [5.74, 6) is 1.77. The molecular weight excluding hydrogens is 787 g/mol. The molecule has 0 atom stereocenters. The molecular formula is C56H33N7O. The Bertz CT molecular complexity index is 4450. The van der Waals surface area contributed by atoms with E-state index in [9.17, 15) is 0 Å². The fourth-order valence-electron chi connectivity index (χ4n) is 10.6. The Hall–Kier alpha value is -8.88. The van der Waals surface area contributed by atoms with Crippen LogP contribution in [0.25, 0.3) is 128 Å². The first kappa shape index (κ1) is 33.8. The van der Waals surface area contributed by atoms with Gasteiger partial charge in [-0.05, 0) is 120 Å². The van der Waals surface area contributed by atoms with Gasteiger partial charge < -0.3 is 8.98 Å². The van der Waals surface area contributed by atoms with Crippen LogP contribution in [-0.4, -0.2) is 32.5 Å². The van der Waals surface area contributed by atoms with Crippen LogP contribution < -0.4 is 0 Å². The molecule has 298 valence electrons. The largest absolute Gasteiger partial charge is 0.456 e. The lowest BCUT2D eigenvalue weighted by atomic mass is 10.0. The number of fused-ring (bicyclic) bond motifs is 16. The van der Waals surface area contributed by atoms with E-state index in [0.29, 0.717) is 0 Å². The molecule has 6 aromatic heterocycles. The highest BCUT2D eigenvalue weighted by molar-refractivity contribution is 6.12. The van der Waals surface area contributed by atoms with Crippen molar-refractivity contribution in [2.24, 2.45) is 0 Å². The van der Waals surface area contributed by atoms with Crippen LogP contribution in [0, 0.1) is 0 Å². The lowest BCUT2D eigenvalue weighted by Gasteiger charge is -2.11. The first-order chi connectivity index (χ1) is 31.7. The molecule has 15 aromatic rings. The Morgan fingerprint density at radius 3 is 1.66 bits per heavy atom. The van der Waals surface area contributed by atoms with Crippen LogP contribution in [0.2, 0.25) is 0 Å². The monoisotopic (exact) mass is 819 g/mol. The summed E-state index contributed by atoms with van der Waals surface area (Å²) in [6.45, 7) is 0. The van der Waals surface area contributed by atoms with Crippen molar-refractivity contribution in [1.82, 2.24) is 32.5 Å². The van der Waals surface area contributed by atoms with Crippen molar-refractivity contribution in [3.63, 3.8) is 0 Å². The number of para-hydroxylation sites is 9. The first-order valence-electron chi connectivity index (χ1n) is 21.6. The summed E-state index contributed by atoms with van der Waals surface area (Å²) in [4.78, 5) is 10.3. The highest BCUT2D eigenvalue weighted by atomic mass is 16.3. The van der Waals surface area contributed by atoms with E-state index < -0.39 is 0 Å². The Labute approximate surface area is 363 Å². The van der Waals surface area contributed by atoms with E-state index in [1.165, 1.54) is 10.8 Å². The van der Waals surface area contributed by atoms with Gasteiger partial charge in [0.25, 0.3) is 0 Å². The summed E-state index contributed by atoms with van der Waals surface area (Å²) in [5.41, 5.74) is 18.0. The average molecular weight is 820 g/mol. The Balaban J connectivity index is 0.901. The molecule has 0 bridgehead atoms. The first-order valence-corrected chi connectivity index (χ1v) is 21.6. The van der Waals surface area contributed by atoms with Crippen molar-refractivity contribution in [3.05, 3.63) is 200 Å². The van der Waals surface area contributed by atoms with Gasteiger partial charge in [-0.3, -0.25) is 17.9 Å². The second-order valence-corrected chi connectivity index (χ2v) is 16.7. The van der Waals surface area contributed by atoms with Crippen LogP contribution in [0.3, 0.4) is 0 Å². The normalized spacial score (nSPS) is 12.4. The quantitative estimate of drug-likeness (QED) is 0.178. The van der Waals surface area contributed by atoms with Crippen molar-refractivity contribution in [2.75, 3.05) is 0 Å². The van der Waals surface area contributed by atoms with Crippen LogP contribution in [0.15, 0.2) is 205 Å². The van der Waals surface area contributed by atoms with E-state index in [1.807, 2.05) is 6.07 Å². The van der Waals surface area contributed by atoms with Crippen LogP contribution in [0.5, 0.6) is 0 Å². The lowest BCUT2D eigenvalue weighted by molar-refractivity contribution is 0.669. The van der Waals surface area contributed by atoms with Crippen molar-refractivity contribution >= 4 is 99.4 Å². The van der Waals surface area contributed by atoms with Crippen molar-refractivity contribution in [1.29, 1.82) is 0 Å². The molecule has 0 saturated carbocycles. The number of hydrogen-bond donors (Lipinski definition) is 0. The third kappa shape index (κ3) is 4.45. The zero-order chi connectivity index (χ0) is 41.6. The van der Waals surface area contributed by atoms with Gasteiger partial charge in [-0.2, -0.15) is 0 Å². The fourth-order valence-corrected chi connectivity index (χ4v) is 10.6. The summed E-state index contributed by atoms with van der Waals surface area (Å²) < 4.78 is 18.1. The third-order valence-electron chi connectivity index (χ3n) is 13.3. The molecule has 6 heterocycles. The predicted molar refractivity (Wildman–Crippen MR) is 260 cm³/mol. The molecule has 0 saturated heterocycles. The smallest absolute Gasteiger partial charge is 0.220 e. The van der Waals surface area contributed by atoms with Crippen LogP contribution in [-0.2, 0) is 0 Å². The van der Waals surface area contributed by atoms with Gasteiger partial charge in [0.1, 0.15) is 11.2 Å². The topological polar surface area (TPSA) is 62.5 Å². The zero-order valence-electron chi connectivity index (χ0n) is 34.1. The minimum Gasteiger partial charge on any atom is -0.456 e. The third-order valence-corrected chi connectivity index (χ3v) is 13.3. The van der Waals surface area contributed by atoms with Crippen molar-refractivity contribution < 1.29 is 4.42 Å². The number of aromatic nitrogens is 7. The fraction of sp³-hybridized carbons (Fsp3) is 0. The van der Waals surface area contributed by atoms with Gasteiger partial charge in [0.05, 0.1) is 66.2 Å². The predicted octanol–water partition coefficient (Wildman–Crippen LogP) is 13.8. The molecule has 9 aromatic carbocycles. The van der Waals surface area contributed by atoms with Gasteiger partial charge in [0.2, 0.25) is 11.6 Å². The van der Waals surface area contributed by atoms with E-state index >= 15 is 0 Å². The summed E-state index contributed by atoms with van der Waals surface area (Å²) in [6.07, 6.45) is 0. The number of nitrogens with zero attached hydrogens (tertiary/aromatic N) is 7. The Morgan fingerprint density at radius 2 is 0.906 bits per heavy atom. The van der Waals surface area contributed by atoms with Gasteiger partial charge in [0.15, 0.2) is 0 Å². The van der Waals surface area contributed by atoms with E-state index in [1.54, 1.807) is 0 Å². The zero-order valence-corrected chi connectivity index (χ0v) is 34.1. The van der Waals surface area contributed by atoms with Crippen LogP contribution in [0.4, 0.5) is 0 Å². The number of benzene rings is 9. The summed E-state index contributed by atoms with van der Waals surface area (Å²) in [5, 5.41) is 4.49. The Morgan fingerprint density at radius 1 is 0.328 bits per heavy atom. The molecule has 0 aliphatic heterocycles. The van der Waals surface area contributed by atoms with E-state index in [2.05, 4.69) is 217 Å². The number of furan rings is 1. The summed E-state index contributed by atoms with van der Waals surface area (Å²) in [6, 6.07) is 71.2. The van der Waals surface area contributed by atoms with Gasteiger partial charge in [-0.1, -0.05) is 91.0 Å². The van der Waals surface area contributed by atoms with E-state index in [-0.39, 0.29) is 0 Å². The molecule has 0 fully saturated rings. The Kier molecular flexibility index (Phi) is 6.53. The maximum atomic E-state index is 6.59. The number of hydrogen-bond acceptors (Lipinski definition) is 3. The molecule has 0 spiro atoms. The molecule has 15 rings (SSSR count). The maximum absolute atomic E-state index is 6.59. The molecule has 64 heavy (non-hydrogen) atoms. The molecule has 0 unspecified atom stereocenters. The summed E-state index contributed by atoms with van der Waals surface area (Å²) in [7, 11) is 0. The maximum Gasteiger partial charge on any atom is 0.220 e. The molecule has 8 heteroatoms. The summed E-state index contributed by atoms with van der Waals surface area (Å²) >= 11 is 0. The van der Waals surface area contributed by atoms with E-state index in [0.717, 1.165) is 117 Å². The van der Waals surface area contributed by atoms with Gasteiger partial charge >= 0.3 is 0 Å². The van der Waals surface area contributed by atoms with Crippen molar-refractivity contribution in [3.8, 4) is 28.2 Å². The van der Waals surface area contributed by atoms with Crippen LogP contribution in [0.1, 0.15) is 0 Å². The van der Waals surface area contributed by atoms with Gasteiger partial charge in [-0.25, -0.2) is 9.97 Å². The van der Waals surface area contributed by atoms with Gasteiger partial charge in [0, 0.05) is 27.5 Å². The average Bonchev–Trinajstić information content (AvgIpc) is 4.19. The molecule has 0 amide bonds. The lowest BCUT2D eigenvalue weighted by Crippen LogP contribution is -1.97. The minimum atomic E-state index is 0.838. The highest BCUT2D eigenvalue weighted by Gasteiger charge is 2.22. The molecule has 0 N–H and O–H groups in total. The molecule has 0 aliphatic rings. The van der Waals surface area contributed by atoms with E-state index in [4.69, 9.17) is 14.4 Å². The SMILES string of the molecule is c1cc(-c2ccc3oc4cccc(-n5c6ccccc6n6c7ccccc7nc56)c4c3c2)cc(-n2c3ccccc3c3cc(-n4c5ccccc5n5c6ccccc6nc45)ccc32)c1. The molecule has 0 radical (unpaired) electrons. The standard InChI is InChI=1S/C56H33N7O/c1-4-18-43-38(15-1)39-33-37(60-47-21-7-8-22-48(47)61-45-19-5-2-16-41(45)57-55(60)61)28-29-44(39)59(43)36-14-11-13-34(31-36)35-27-30-52-40(32-35)54-51(25-12-26-53(54)64-52)63-50-24-10-9-23-49(50)62-46-20-6-3-17-42(46)58-56(62)63/h1-33H. The highest BCUT2D eigenvalue weighted by Crippen LogP contribution is 2.41. The molecule has 8 nitrogen and oxygen atoms in total. The second kappa shape index (κ2) is 12.4. The van der Waals surface area contributed by atoms with Crippen molar-refractivity contribution in [2.45, 2.75) is 0 Å². The van der Waals surface area contributed by atoms with Gasteiger partial charge in [-0.15, -0.1) is 0 Å². The number of rotatable bonds is 4. The number of imidazole rings is 4. The second-order valence-electron chi connectivity index (χ2n) is 16.7. The van der Waals surface area contributed by atoms with Crippen LogP contribution >= 0.6 is 0 Å². The molecule has 0 aliphatic carbocycles.